The lowest BCUT2D eigenvalue weighted by atomic mass is 9.70. The van der Waals surface area contributed by atoms with E-state index in [2.05, 4.69) is 29.1 Å². The summed E-state index contributed by atoms with van der Waals surface area (Å²) in [6.45, 7) is 9.80. The summed E-state index contributed by atoms with van der Waals surface area (Å²) < 4.78 is -0.868. The van der Waals surface area contributed by atoms with Gasteiger partial charge in [-0.15, -0.1) is 24.9 Å². The second kappa shape index (κ2) is 12.6. The number of likely N-dealkylation sites (tertiary alicyclic amines) is 1. The van der Waals surface area contributed by atoms with Crippen LogP contribution < -0.4 is 9.80 Å². The number of aliphatic hydroxyl groups excluding tert-OH is 1. The maximum absolute atomic E-state index is 14.8. The number of rotatable bonds is 11. The lowest BCUT2D eigenvalue weighted by Crippen LogP contribution is -2.58. The van der Waals surface area contributed by atoms with E-state index in [-0.39, 0.29) is 47.5 Å². The lowest BCUT2D eigenvalue weighted by molar-refractivity contribution is -0.141. The first-order valence-corrected chi connectivity index (χ1v) is 16.3. The number of halogens is 2. The monoisotopic (exact) mass is 671 g/mol. The summed E-state index contributed by atoms with van der Waals surface area (Å²) >= 11 is 12.0. The number of anilines is 2. The van der Waals surface area contributed by atoms with Crippen LogP contribution >= 0.6 is 39.3 Å². The maximum Gasteiger partial charge on any atom is 0.251 e. The zero-order valence-corrected chi connectivity index (χ0v) is 26.6. The summed E-state index contributed by atoms with van der Waals surface area (Å²) in [6.07, 6.45) is 4.30. The molecular weight excluding hydrogens is 638 g/mol. The van der Waals surface area contributed by atoms with Crippen molar-refractivity contribution in [2.45, 2.75) is 46.7 Å². The Balaban J connectivity index is 1.63. The summed E-state index contributed by atoms with van der Waals surface area (Å²) in [6, 6.07) is 15.0. The van der Waals surface area contributed by atoms with Crippen molar-refractivity contribution in [2.75, 3.05) is 29.5 Å². The molecule has 2 aromatic carbocycles. The Labute approximate surface area is 264 Å². The fourth-order valence-electron chi connectivity index (χ4n) is 6.93. The fourth-order valence-corrected chi connectivity index (χ4v) is 10.8. The van der Waals surface area contributed by atoms with Gasteiger partial charge in [0.05, 0.1) is 39.9 Å². The van der Waals surface area contributed by atoms with Crippen LogP contribution in [0.2, 0.25) is 5.02 Å². The zero-order valence-electron chi connectivity index (χ0n) is 23.4. The highest BCUT2D eigenvalue weighted by Crippen LogP contribution is 2.68. The summed E-state index contributed by atoms with van der Waals surface area (Å²) in [5, 5.41) is 10.6. The van der Waals surface area contributed by atoms with Gasteiger partial charge in [0.2, 0.25) is 11.8 Å². The number of carbonyl (C=O) groups excluding carboxylic acids is 3. The molecule has 3 unspecified atom stereocenters. The average molecular weight is 673 g/mol. The molecule has 3 fully saturated rings. The molecule has 3 amide bonds. The molecule has 2 bridgehead atoms. The van der Waals surface area contributed by atoms with Crippen LogP contribution in [-0.2, 0) is 14.4 Å². The van der Waals surface area contributed by atoms with Gasteiger partial charge in [-0.05, 0) is 37.1 Å². The largest absolute Gasteiger partial charge is 0.394 e. The summed E-state index contributed by atoms with van der Waals surface area (Å²) in [4.78, 5) is 48.5. The van der Waals surface area contributed by atoms with Gasteiger partial charge in [-0.1, -0.05) is 76.9 Å². The molecule has 0 radical (unpaired) electrons. The van der Waals surface area contributed by atoms with E-state index in [0.717, 1.165) is 5.69 Å². The van der Waals surface area contributed by atoms with Crippen LogP contribution in [0.4, 0.5) is 11.4 Å². The molecule has 222 valence electrons. The first kappa shape index (κ1) is 30.9. The van der Waals surface area contributed by atoms with Gasteiger partial charge in [0.1, 0.15) is 6.04 Å². The molecule has 0 aliphatic carbocycles. The van der Waals surface area contributed by atoms with E-state index in [9.17, 15) is 19.5 Å². The summed E-state index contributed by atoms with van der Waals surface area (Å²) in [5.74, 6) is -2.10. The van der Waals surface area contributed by atoms with Crippen LogP contribution in [0.25, 0.3) is 0 Å². The quantitative estimate of drug-likeness (QED) is 0.259. The number of carbonyl (C=O) groups is 3. The second-order valence-electron chi connectivity index (χ2n) is 10.9. The second-order valence-corrected chi connectivity index (χ2v) is 14.0. The third-order valence-electron chi connectivity index (χ3n) is 8.69. The topological polar surface area (TPSA) is 81.2 Å². The Morgan fingerprint density at radius 2 is 1.76 bits per heavy atom. The standard InChI is InChI=1S/C32H35BrClN3O4S/c1-4-16-35(21-12-8-7-9-13-21)29(39)25-26-30(40)37(20(6-3)19-38)28(32(26)18-22(33)27(25)42-32)31(41)36(17-5-2)24-15-11-10-14-23(24)34/h4-5,7-15,20,22,25-28,38H,1-2,6,16-19H2,3H3/t20-,22?,25-,26-,27-,28?,32?/m0/s1. The van der Waals surface area contributed by atoms with Crippen LogP contribution in [-0.4, -0.2) is 74.3 Å². The Morgan fingerprint density at radius 3 is 2.38 bits per heavy atom. The predicted octanol–water partition coefficient (Wildman–Crippen LogP) is 5.31. The van der Waals surface area contributed by atoms with Gasteiger partial charge in [0, 0.05) is 28.9 Å². The van der Waals surface area contributed by atoms with Crippen LogP contribution in [0.15, 0.2) is 79.9 Å². The fraction of sp³-hybridized carbons (Fsp3) is 0.406. The average Bonchev–Trinajstić information content (AvgIpc) is 3.59. The van der Waals surface area contributed by atoms with Gasteiger partial charge in [-0.3, -0.25) is 14.4 Å². The normalized spacial score (nSPS) is 28.3. The predicted molar refractivity (Wildman–Crippen MR) is 173 cm³/mol. The van der Waals surface area contributed by atoms with Crippen LogP contribution in [0, 0.1) is 11.8 Å². The van der Waals surface area contributed by atoms with Crippen molar-refractivity contribution in [1.29, 1.82) is 0 Å². The number of thioether (sulfide) groups is 1. The highest BCUT2D eigenvalue weighted by molar-refractivity contribution is 9.09. The number of para-hydroxylation sites is 2. The van der Waals surface area contributed by atoms with Gasteiger partial charge in [-0.25, -0.2) is 0 Å². The minimum atomic E-state index is -0.902. The zero-order chi connectivity index (χ0) is 30.2. The number of benzene rings is 2. The smallest absolute Gasteiger partial charge is 0.251 e. The molecule has 3 aliphatic rings. The molecule has 7 atom stereocenters. The van der Waals surface area contributed by atoms with Crippen molar-refractivity contribution in [3.63, 3.8) is 0 Å². The van der Waals surface area contributed by atoms with Gasteiger partial charge in [-0.2, -0.15) is 0 Å². The van der Waals surface area contributed by atoms with Gasteiger partial charge in [0.25, 0.3) is 5.91 Å². The van der Waals surface area contributed by atoms with Gasteiger partial charge < -0.3 is 19.8 Å². The molecule has 1 N–H and O–H groups in total. The van der Waals surface area contributed by atoms with E-state index in [0.29, 0.717) is 23.6 Å². The van der Waals surface area contributed by atoms with Crippen molar-refractivity contribution >= 4 is 68.4 Å². The molecular formula is C32H35BrClN3O4S. The Bertz CT molecular complexity index is 1370. The Kier molecular flexibility index (Phi) is 9.23. The van der Waals surface area contributed by atoms with Crippen molar-refractivity contribution < 1.29 is 19.5 Å². The molecule has 0 saturated carbocycles. The number of hydrogen-bond acceptors (Lipinski definition) is 5. The van der Waals surface area contributed by atoms with Gasteiger partial charge >= 0.3 is 0 Å². The minimum Gasteiger partial charge on any atom is -0.394 e. The molecule has 3 heterocycles. The summed E-state index contributed by atoms with van der Waals surface area (Å²) in [5.41, 5.74) is 1.25. The number of alkyl halides is 1. The number of hydrogen-bond donors (Lipinski definition) is 1. The van der Waals surface area contributed by atoms with E-state index in [1.807, 2.05) is 43.3 Å². The third-order valence-corrected chi connectivity index (χ3v) is 12.2. The number of amides is 3. The van der Waals surface area contributed by atoms with Crippen molar-refractivity contribution in [2.24, 2.45) is 11.8 Å². The van der Waals surface area contributed by atoms with Crippen LogP contribution in [0.1, 0.15) is 19.8 Å². The van der Waals surface area contributed by atoms with Crippen molar-refractivity contribution in [3.8, 4) is 0 Å². The molecule has 1 spiro atoms. The maximum atomic E-state index is 14.8. The van der Waals surface area contributed by atoms with Crippen molar-refractivity contribution in [3.05, 3.63) is 84.9 Å². The van der Waals surface area contributed by atoms with E-state index >= 15 is 0 Å². The SMILES string of the molecule is C=CCN(C(=O)[C@H]1[C@H]2C(=O)N([C@@H](CC)CO)C(C(=O)N(CC=C)c3ccccc3Cl)C23CC(Br)[C@@H]1S3)c1ccccc1. The Hall–Kier alpha value is -2.59. The van der Waals surface area contributed by atoms with Crippen molar-refractivity contribution in [1.82, 2.24) is 4.90 Å². The minimum absolute atomic E-state index is 0.0838. The molecule has 7 nitrogen and oxygen atoms in total. The molecule has 3 aliphatic heterocycles. The Morgan fingerprint density at radius 1 is 1.12 bits per heavy atom. The molecule has 42 heavy (non-hydrogen) atoms. The molecule has 0 aromatic heterocycles. The lowest BCUT2D eigenvalue weighted by Gasteiger charge is -2.40. The highest BCUT2D eigenvalue weighted by Gasteiger charge is 2.76. The molecule has 10 heteroatoms. The van der Waals surface area contributed by atoms with E-state index in [1.54, 1.807) is 56.8 Å². The molecule has 2 aromatic rings. The number of nitrogens with zero attached hydrogens (tertiary/aromatic N) is 3. The van der Waals surface area contributed by atoms with Crippen LogP contribution in [0.3, 0.4) is 0 Å². The van der Waals surface area contributed by atoms with Crippen LogP contribution in [0.5, 0.6) is 0 Å². The van der Waals surface area contributed by atoms with E-state index < -0.39 is 28.7 Å². The molecule has 3 saturated heterocycles. The highest BCUT2D eigenvalue weighted by atomic mass is 79.9. The van der Waals surface area contributed by atoms with Gasteiger partial charge in [0.15, 0.2) is 0 Å². The van der Waals surface area contributed by atoms with E-state index in [1.165, 1.54) is 0 Å². The third kappa shape index (κ3) is 4.92. The van der Waals surface area contributed by atoms with E-state index in [4.69, 9.17) is 11.6 Å². The number of aliphatic hydroxyl groups is 1. The summed E-state index contributed by atoms with van der Waals surface area (Å²) in [7, 11) is 0. The molecule has 5 rings (SSSR count). The first-order valence-electron chi connectivity index (χ1n) is 14.1. The first-order chi connectivity index (χ1) is 20.2. The number of fused-ring (bicyclic) bond motifs is 1.